The molecule has 0 aromatic carbocycles. The van der Waals surface area contributed by atoms with Gasteiger partial charge in [-0.3, -0.25) is 9.78 Å². The first-order valence-electron chi connectivity index (χ1n) is 9.97. The molecule has 4 heterocycles. The molecular weight excluding hydrogens is 350 g/mol. The average molecular weight is 375 g/mol. The normalized spacial score (nSPS) is 18.9. The van der Waals surface area contributed by atoms with Crippen molar-refractivity contribution in [2.24, 2.45) is 5.41 Å². The number of anilines is 1. The second-order valence-electron chi connectivity index (χ2n) is 7.87. The van der Waals surface area contributed by atoms with Crippen LogP contribution >= 0.6 is 0 Å². The summed E-state index contributed by atoms with van der Waals surface area (Å²) in [4.78, 5) is 25.6. The minimum atomic E-state index is 0.210. The lowest BCUT2D eigenvalue weighted by molar-refractivity contribution is -0.138. The van der Waals surface area contributed by atoms with E-state index in [4.69, 9.17) is 5.26 Å². The summed E-state index contributed by atoms with van der Waals surface area (Å²) in [6.07, 6.45) is 6.34. The Morgan fingerprint density at radius 1 is 1.11 bits per heavy atom. The third-order valence-corrected chi connectivity index (χ3v) is 6.11. The van der Waals surface area contributed by atoms with E-state index in [1.54, 1.807) is 12.3 Å². The van der Waals surface area contributed by atoms with Crippen molar-refractivity contribution in [3.8, 4) is 6.07 Å². The highest BCUT2D eigenvalue weighted by molar-refractivity contribution is 5.77. The third kappa shape index (κ3) is 3.99. The SMILES string of the molecule is N#Cc1cccc(N2CCC3(CCC(=O)N(CCc4ccccn4)C3)CC2)n1. The van der Waals surface area contributed by atoms with Crippen molar-refractivity contribution in [2.45, 2.75) is 32.1 Å². The van der Waals surface area contributed by atoms with Crippen molar-refractivity contribution in [3.05, 3.63) is 54.0 Å². The number of nitrogens with zero attached hydrogens (tertiary/aromatic N) is 5. The van der Waals surface area contributed by atoms with E-state index in [1.165, 1.54) is 0 Å². The zero-order valence-corrected chi connectivity index (χ0v) is 16.0. The molecule has 0 saturated carbocycles. The van der Waals surface area contributed by atoms with Gasteiger partial charge in [0.25, 0.3) is 0 Å². The van der Waals surface area contributed by atoms with Gasteiger partial charge in [0, 0.05) is 50.9 Å². The van der Waals surface area contributed by atoms with Gasteiger partial charge in [0.05, 0.1) is 0 Å². The second kappa shape index (κ2) is 7.97. The lowest BCUT2D eigenvalue weighted by Gasteiger charge is -2.47. The molecular formula is C22H25N5O. The van der Waals surface area contributed by atoms with Gasteiger partial charge in [0.1, 0.15) is 17.6 Å². The molecule has 6 heteroatoms. The third-order valence-electron chi connectivity index (χ3n) is 6.11. The zero-order chi connectivity index (χ0) is 19.4. The van der Waals surface area contributed by atoms with E-state index in [0.717, 1.165) is 63.4 Å². The lowest BCUT2D eigenvalue weighted by atomic mass is 9.72. The van der Waals surface area contributed by atoms with Crippen molar-refractivity contribution >= 4 is 11.7 Å². The Morgan fingerprint density at radius 2 is 1.96 bits per heavy atom. The Hall–Kier alpha value is -2.94. The number of likely N-dealkylation sites (tertiary alicyclic amines) is 1. The fourth-order valence-corrected chi connectivity index (χ4v) is 4.38. The maximum absolute atomic E-state index is 12.5. The molecule has 2 aliphatic rings. The summed E-state index contributed by atoms with van der Waals surface area (Å²) < 4.78 is 0. The maximum atomic E-state index is 12.5. The van der Waals surface area contributed by atoms with Gasteiger partial charge in [-0.1, -0.05) is 12.1 Å². The van der Waals surface area contributed by atoms with E-state index < -0.39 is 0 Å². The summed E-state index contributed by atoms with van der Waals surface area (Å²) in [5, 5.41) is 9.07. The number of hydrogen-bond donors (Lipinski definition) is 0. The number of amides is 1. The van der Waals surface area contributed by atoms with Gasteiger partial charge in [-0.15, -0.1) is 0 Å². The van der Waals surface area contributed by atoms with Crippen LogP contribution in [0.2, 0.25) is 0 Å². The Balaban J connectivity index is 1.37. The molecule has 6 nitrogen and oxygen atoms in total. The quantitative estimate of drug-likeness (QED) is 0.822. The molecule has 0 bridgehead atoms. The molecule has 144 valence electrons. The largest absolute Gasteiger partial charge is 0.357 e. The van der Waals surface area contributed by atoms with Crippen LogP contribution in [0, 0.1) is 16.7 Å². The highest BCUT2D eigenvalue weighted by atomic mass is 16.2. The molecule has 2 saturated heterocycles. The zero-order valence-electron chi connectivity index (χ0n) is 16.0. The van der Waals surface area contributed by atoms with Crippen LogP contribution < -0.4 is 4.90 Å². The van der Waals surface area contributed by atoms with E-state index in [1.807, 2.05) is 35.2 Å². The number of aromatic nitrogens is 2. The summed E-state index contributed by atoms with van der Waals surface area (Å²) in [5.41, 5.74) is 1.71. The molecule has 2 aromatic rings. The molecule has 28 heavy (non-hydrogen) atoms. The summed E-state index contributed by atoms with van der Waals surface area (Å²) in [5.74, 6) is 1.15. The number of carbonyl (C=O) groups is 1. The number of carbonyl (C=O) groups excluding carboxylic acids is 1. The van der Waals surface area contributed by atoms with Crippen molar-refractivity contribution in [1.82, 2.24) is 14.9 Å². The van der Waals surface area contributed by atoms with Gasteiger partial charge < -0.3 is 9.80 Å². The highest BCUT2D eigenvalue weighted by Gasteiger charge is 2.41. The van der Waals surface area contributed by atoms with Crippen LogP contribution in [0.15, 0.2) is 42.6 Å². The first-order chi connectivity index (χ1) is 13.7. The number of nitriles is 1. The first-order valence-corrected chi connectivity index (χ1v) is 9.97. The van der Waals surface area contributed by atoms with Crippen LogP contribution in [0.4, 0.5) is 5.82 Å². The fourth-order valence-electron chi connectivity index (χ4n) is 4.38. The Bertz CT molecular complexity index is 868. The van der Waals surface area contributed by atoms with Gasteiger partial charge in [-0.25, -0.2) is 4.98 Å². The lowest BCUT2D eigenvalue weighted by Crippen LogP contribution is -2.52. The van der Waals surface area contributed by atoms with Gasteiger partial charge >= 0.3 is 0 Å². The Labute approximate surface area is 165 Å². The van der Waals surface area contributed by atoms with Crippen LogP contribution in [0.5, 0.6) is 0 Å². The van der Waals surface area contributed by atoms with E-state index in [-0.39, 0.29) is 11.3 Å². The molecule has 0 radical (unpaired) electrons. The molecule has 2 aliphatic heterocycles. The highest BCUT2D eigenvalue weighted by Crippen LogP contribution is 2.41. The number of rotatable bonds is 4. The summed E-state index contributed by atoms with van der Waals surface area (Å²) >= 11 is 0. The van der Waals surface area contributed by atoms with Crippen molar-refractivity contribution in [1.29, 1.82) is 5.26 Å². The topological polar surface area (TPSA) is 73.1 Å². The molecule has 1 amide bonds. The van der Waals surface area contributed by atoms with Crippen LogP contribution in [0.25, 0.3) is 0 Å². The summed E-state index contributed by atoms with van der Waals surface area (Å²) in [6, 6.07) is 13.6. The van der Waals surface area contributed by atoms with Crippen LogP contribution in [-0.2, 0) is 11.2 Å². The number of pyridine rings is 2. The average Bonchev–Trinajstić information content (AvgIpc) is 2.76. The maximum Gasteiger partial charge on any atom is 0.222 e. The minimum Gasteiger partial charge on any atom is -0.357 e. The molecule has 0 N–H and O–H groups in total. The Morgan fingerprint density at radius 3 is 2.71 bits per heavy atom. The van der Waals surface area contributed by atoms with Crippen LogP contribution in [0.1, 0.15) is 37.1 Å². The van der Waals surface area contributed by atoms with Crippen LogP contribution in [0.3, 0.4) is 0 Å². The monoisotopic (exact) mass is 375 g/mol. The van der Waals surface area contributed by atoms with E-state index >= 15 is 0 Å². The predicted octanol–water partition coefficient (Wildman–Crippen LogP) is 2.80. The predicted molar refractivity (Wildman–Crippen MR) is 107 cm³/mol. The minimum absolute atomic E-state index is 0.210. The molecule has 2 aromatic heterocycles. The standard InChI is InChI=1S/C22H25N5O/c23-16-19-5-3-6-20(25-19)26-14-10-22(11-15-26)9-7-21(28)27(17-22)13-8-18-4-1-2-12-24-18/h1-6,12H,7-11,13-15,17H2. The summed E-state index contributed by atoms with van der Waals surface area (Å²) in [6.45, 7) is 3.43. The van der Waals surface area contributed by atoms with E-state index in [0.29, 0.717) is 12.1 Å². The fraction of sp³-hybridized carbons (Fsp3) is 0.455. The molecule has 0 atom stereocenters. The Kier molecular flexibility index (Phi) is 5.25. The molecule has 2 fully saturated rings. The molecule has 4 rings (SSSR count). The van der Waals surface area contributed by atoms with Gasteiger partial charge in [0.15, 0.2) is 0 Å². The van der Waals surface area contributed by atoms with Gasteiger partial charge in [-0.2, -0.15) is 5.26 Å². The summed E-state index contributed by atoms with van der Waals surface area (Å²) in [7, 11) is 0. The van der Waals surface area contributed by atoms with E-state index in [9.17, 15) is 4.79 Å². The molecule has 1 spiro atoms. The van der Waals surface area contributed by atoms with Gasteiger partial charge in [0.2, 0.25) is 5.91 Å². The van der Waals surface area contributed by atoms with E-state index in [2.05, 4.69) is 20.9 Å². The first kappa shape index (κ1) is 18.4. The number of piperidine rings is 2. The van der Waals surface area contributed by atoms with Gasteiger partial charge in [-0.05, 0) is 48.9 Å². The van der Waals surface area contributed by atoms with Crippen molar-refractivity contribution < 1.29 is 4.79 Å². The van der Waals surface area contributed by atoms with Crippen LogP contribution in [-0.4, -0.2) is 47.0 Å². The van der Waals surface area contributed by atoms with Crippen molar-refractivity contribution in [3.63, 3.8) is 0 Å². The smallest absolute Gasteiger partial charge is 0.222 e. The molecule has 0 aliphatic carbocycles. The molecule has 0 unspecified atom stereocenters. The second-order valence-corrected chi connectivity index (χ2v) is 7.87. The number of hydrogen-bond acceptors (Lipinski definition) is 5. The van der Waals surface area contributed by atoms with Crippen molar-refractivity contribution in [2.75, 3.05) is 31.1 Å².